The van der Waals surface area contributed by atoms with E-state index in [-0.39, 0.29) is 23.1 Å². The summed E-state index contributed by atoms with van der Waals surface area (Å²) in [5, 5.41) is 11.1. The van der Waals surface area contributed by atoms with Crippen molar-refractivity contribution >= 4 is 23.2 Å². The maximum Gasteiger partial charge on any atom is 0.261 e. The minimum atomic E-state index is -0.362. The lowest BCUT2D eigenvalue weighted by Gasteiger charge is -2.39. The second kappa shape index (κ2) is 8.52. The van der Waals surface area contributed by atoms with Gasteiger partial charge >= 0.3 is 0 Å². The van der Waals surface area contributed by atoms with E-state index in [0.29, 0.717) is 17.8 Å². The van der Waals surface area contributed by atoms with Crippen LogP contribution in [0.4, 0.5) is 11.5 Å². The summed E-state index contributed by atoms with van der Waals surface area (Å²) in [6, 6.07) is 13.9. The Labute approximate surface area is 206 Å². The smallest absolute Gasteiger partial charge is 0.261 e. The molecule has 3 aromatic rings. The van der Waals surface area contributed by atoms with Gasteiger partial charge in [-0.3, -0.25) is 9.59 Å². The van der Waals surface area contributed by atoms with Crippen LogP contribution >= 0.6 is 0 Å². The number of aryl methyl sites for hydroxylation is 3. The minimum Gasteiger partial charge on any atom is -0.343 e. The fourth-order valence-corrected chi connectivity index (χ4v) is 5.14. The molecule has 1 aliphatic heterocycles. The number of aromatic nitrogens is 2. The van der Waals surface area contributed by atoms with Gasteiger partial charge in [0, 0.05) is 23.4 Å². The molecule has 6 nitrogen and oxygen atoms in total. The molecular weight excluding hydrogens is 436 g/mol. The third kappa shape index (κ3) is 4.18. The van der Waals surface area contributed by atoms with Gasteiger partial charge in [0.2, 0.25) is 0 Å². The topological polar surface area (TPSA) is 76.0 Å². The van der Waals surface area contributed by atoms with E-state index >= 15 is 0 Å². The van der Waals surface area contributed by atoms with Gasteiger partial charge in [-0.1, -0.05) is 51.1 Å². The maximum absolute atomic E-state index is 13.4. The first-order valence-electron chi connectivity index (χ1n) is 12.2. The summed E-state index contributed by atoms with van der Waals surface area (Å²) in [5.41, 5.74) is 7.23. The summed E-state index contributed by atoms with van der Waals surface area (Å²) in [5.74, 6) is 0.531. The van der Waals surface area contributed by atoms with E-state index in [0.717, 1.165) is 40.9 Å². The molecule has 0 saturated heterocycles. The Balaban J connectivity index is 1.57. The number of carbonyl (C=O) groups excluding carboxylic acids is 2. The van der Waals surface area contributed by atoms with E-state index in [9.17, 15) is 9.59 Å². The Morgan fingerprint density at radius 3 is 2.54 bits per heavy atom. The van der Waals surface area contributed by atoms with Crippen LogP contribution < -0.4 is 10.6 Å². The normalized spacial score (nSPS) is 18.5. The van der Waals surface area contributed by atoms with Gasteiger partial charge in [-0.15, -0.1) is 0 Å². The van der Waals surface area contributed by atoms with Crippen LogP contribution in [-0.2, 0) is 11.2 Å². The van der Waals surface area contributed by atoms with Crippen LogP contribution in [0.3, 0.4) is 0 Å². The van der Waals surface area contributed by atoms with Crippen LogP contribution in [0.2, 0.25) is 0 Å². The van der Waals surface area contributed by atoms with E-state index in [1.807, 2.05) is 32.0 Å². The predicted molar refractivity (Wildman–Crippen MR) is 139 cm³/mol. The minimum absolute atomic E-state index is 0.135. The molecule has 2 N–H and O–H groups in total. The predicted octanol–water partition coefficient (Wildman–Crippen LogP) is 5.97. The molecule has 2 heterocycles. The van der Waals surface area contributed by atoms with Crippen molar-refractivity contribution in [3.8, 4) is 0 Å². The number of benzene rings is 2. The van der Waals surface area contributed by atoms with Crippen molar-refractivity contribution in [3.05, 3.63) is 87.7 Å². The number of hydrogen-bond acceptors (Lipinski definition) is 4. The van der Waals surface area contributed by atoms with Gasteiger partial charge in [-0.25, -0.2) is 4.68 Å². The first-order valence-corrected chi connectivity index (χ1v) is 12.2. The van der Waals surface area contributed by atoms with Crippen molar-refractivity contribution in [2.75, 3.05) is 10.6 Å². The quantitative estimate of drug-likeness (QED) is 0.494. The molecule has 35 heavy (non-hydrogen) atoms. The number of anilines is 2. The Morgan fingerprint density at radius 1 is 1.11 bits per heavy atom. The lowest BCUT2D eigenvalue weighted by molar-refractivity contribution is -0.118. The number of nitrogens with zero attached hydrogens (tertiary/aromatic N) is 2. The maximum atomic E-state index is 13.4. The first kappa shape index (κ1) is 23.1. The Bertz CT molecular complexity index is 1360. The number of rotatable bonds is 4. The highest BCUT2D eigenvalue weighted by atomic mass is 16.1. The highest BCUT2D eigenvalue weighted by Crippen LogP contribution is 2.46. The lowest BCUT2D eigenvalue weighted by Crippen LogP contribution is -2.37. The molecule has 0 spiro atoms. The van der Waals surface area contributed by atoms with Crippen LogP contribution in [0.5, 0.6) is 0 Å². The first-order chi connectivity index (χ1) is 16.7. The molecule has 0 fully saturated rings. The molecule has 1 aromatic heterocycles. The van der Waals surface area contributed by atoms with Gasteiger partial charge in [-0.2, -0.15) is 5.10 Å². The number of carbonyl (C=O) groups is 2. The van der Waals surface area contributed by atoms with E-state index in [4.69, 9.17) is 0 Å². The molecule has 5 rings (SSSR count). The van der Waals surface area contributed by atoms with Gasteiger partial charge in [0.25, 0.3) is 5.91 Å². The third-order valence-electron chi connectivity index (χ3n) is 7.22. The third-order valence-corrected chi connectivity index (χ3v) is 7.22. The standard InChI is InChI=1S/C29H32N4O2/c1-6-19-8-10-20(11-9-19)26-25-23(14-29(4,5)15-24(25)34)32-27-22(16-30-33(26)27)28(35)31-21-12-7-17(2)18(3)13-21/h7-13,16,26,32H,6,14-15H2,1-5H3,(H,31,35)/t26-/m1/s1. The fourth-order valence-electron chi connectivity index (χ4n) is 5.14. The van der Waals surface area contributed by atoms with Gasteiger partial charge in [-0.05, 0) is 66.5 Å². The van der Waals surface area contributed by atoms with Crippen molar-refractivity contribution in [1.82, 2.24) is 9.78 Å². The molecule has 2 aromatic carbocycles. The Hall–Kier alpha value is -3.67. The number of allylic oxidation sites excluding steroid dienone is 2. The summed E-state index contributed by atoms with van der Waals surface area (Å²) in [4.78, 5) is 26.7. The van der Waals surface area contributed by atoms with Crippen LogP contribution in [0.25, 0.3) is 0 Å². The Kier molecular flexibility index (Phi) is 5.62. The summed E-state index contributed by atoms with van der Waals surface area (Å²) in [7, 11) is 0. The van der Waals surface area contributed by atoms with E-state index in [1.165, 1.54) is 11.1 Å². The molecule has 1 atom stereocenters. The summed E-state index contributed by atoms with van der Waals surface area (Å²) in [6.45, 7) is 10.4. The Morgan fingerprint density at radius 2 is 1.86 bits per heavy atom. The lowest BCUT2D eigenvalue weighted by atomic mass is 9.73. The number of hydrogen-bond donors (Lipinski definition) is 2. The van der Waals surface area contributed by atoms with E-state index < -0.39 is 0 Å². The van der Waals surface area contributed by atoms with Crippen molar-refractivity contribution in [2.45, 2.75) is 59.9 Å². The van der Waals surface area contributed by atoms with Crippen LogP contribution in [0.15, 0.2) is 59.9 Å². The van der Waals surface area contributed by atoms with Crippen LogP contribution in [-0.4, -0.2) is 21.5 Å². The number of ketones is 1. The second-order valence-corrected chi connectivity index (χ2v) is 10.6. The van der Waals surface area contributed by atoms with Gasteiger partial charge in [0.05, 0.1) is 6.20 Å². The average Bonchev–Trinajstić information content (AvgIpc) is 3.23. The highest BCUT2D eigenvalue weighted by molar-refractivity contribution is 6.08. The molecule has 2 aliphatic rings. The molecule has 1 aliphatic carbocycles. The summed E-state index contributed by atoms with van der Waals surface area (Å²) >= 11 is 0. The number of nitrogens with one attached hydrogen (secondary N) is 2. The zero-order chi connectivity index (χ0) is 24.9. The molecule has 0 bridgehead atoms. The SMILES string of the molecule is CCc1ccc([C@@H]2C3=C(CC(C)(C)CC3=O)Nc3c(C(=O)Nc4ccc(C)c(C)c4)cnn32)cc1. The molecule has 1 amide bonds. The van der Waals surface area contributed by atoms with Crippen molar-refractivity contribution in [3.63, 3.8) is 0 Å². The zero-order valence-electron chi connectivity index (χ0n) is 21.0. The number of Topliss-reactive ketones (excluding diaryl/α,β-unsaturated/α-hetero) is 1. The van der Waals surface area contributed by atoms with Crippen LogP contribution in [0, 0.1) is 19.3 Å². The largest absolute Gasteiger partial charge is 0.343 e. The van der Waals surface area contributed by atoms with Crippen molar-refractivity contribution < 1.29 is 9.59 Å². The molecule has 0 radical (unpaired) electrons. The van der Waals surface area contributed by atoms with Crippen molar-refractivity contribution in [1.29, 1.82) is 0 Å². The van der Waals surface area contributed by atoms with Gasteiger partial charge < -0.3 is 10.6 Å². The van der Waals surface area contributed by atoms with E-state index in [2.05, 4.69) is 60.8 Å². The monoisotopic (exact) mass is 468 g/mol. The molecule has 0 saturated carbocycles. The van der Waals surface area contributed by atoms with Gasteiger partial charge in [0.15, 0.2) is 5.78 Å². The number of amides is 1. The average molecular weight is 469 g/mol. The molecule has 6 heteroatoms. The van der Waals surface area contributed by atoms with Crippen molar-refractivity contribution in [2.24, 2.45) is 5.41 Å². The zero-order valence-corrected chi connectivity index (χ0v) is 21.0. The number of fused-ring (bicyclic) bond motifs is 1. The summed E-state index contributed by atoms with van der Waals surface area (Å²) < 4.78 is 1.80. The molecule has 180 valence electrons. The van der Waals surface area contributed by atoms with Gasteiger partial charge in [0.1, 0.15) is 17.4 Å². The second-order valence-electron chi connectivity index (χ2n) is 10.6. The highest BCUT2D eigenvalue weighted by Gasteiger charge is 2.42. The fraction of sp³-hybridized carbons (Fsp3) is 0.345. The van der Waals surface area contributed by atoms with Crippen LogP contribution in [0.1, 0.15) is 72.3 Å². The molecular formula is C29H32N4O2. The molecule has 0 unspecified atom stereocenters. The summed E-state index contributed by atoms with van der Waals surface area (Å²) in [6.07, 6.45) is 3.78. The van der Waals surface area contributed by atoms with E-state index in [1.54, 1.807) is 10.9 Å².